The van der Waals surface area contributed by atoms with Crippen LogP contribution in [0.15, 0.2) is 23.1 Å². The molecule has 1 saturated heterocycles. The minimum absolute atomic E-state index is 0.0589. The van der Waals surface area contributed by atoms with Gasteiger partial charge in [0, 0.05) is 13.1 Å². The van der Waals surface area contributed by atoms with Crippen LogP contribution in [0.5, 0.6) is 0 Å². The summed E-state index contributed by atoms with van der Waals surface area (Å²) >= 11 is 0. The summed E-state index contributed by atoms with van der Waals surface area (Å²) < 4.78 is 39.8. The van der Waals surface area contributed by atoms with E-state index < -0.39 is 15.8 Å². The van der Waals surface area contributed by atoms with Crippen LogP contribution in [0.2, 0.25) is 0 Å². The molecule has 0 amide bonds. The predicted molar refractivity (Wildman–Crippen MR) is 71.6 cm³/mol. The Labute approximate surface area is 112 Å². The minimum atomic E-state index is -3.67. The number of likely N-dealkylation sites (tertiary alicyclic amines) is 1. The molecule has 1 aromatic carbocycles. The summed E-state index contributed by atoms with van der Waals surface area (Å²) in [7, 11) is -1.66. The zero-order chi connectivity index (χ0) is 14.0. The van der Waals surface area contributed by atoms with Gasteiger partial charge in [-0.2, -0.15) is 0 Å². The van der Waals surface area contributed by atoms with Crippen LogP contribution in [-0.2, 0) is 10.0 Å². The summed E-state index contributed by atoms with van der Waals surface area (Å²) in [5, 5.41) is 0. The Morgan fingerprint density at radius 1 is 1.53 bits per heavy atom. The van der Waals surface area contributed by atoms with Gasteiger partial charge >= 0.3 is 0 Å². The second-order valence-electron chi connectivity index (χ2n) is 4.95. The van der Waals surface area contributed by atoms with Crippen molar-refractivity contribution in [3.05, 3.63) is 24.0 Å². The van der Waals surface area contributed by atoms with Crippen LogP contribution < -0.4 is 10.5 Å². The third kappa shape index (κ3) is 3.43. The molecule has 2 rings (SSSR count). The van der Waals surface area contributed by atoms with Crippen LogP contribution in [0, 0.1) is 11.7 Å². The molecule has 1 atom stereocenters. The third-order valence-electron chi connectivity index (χ3n) is 3.33. The maximum Gasteiger partial charge on any atom is 0.240 e. The highest BCUT2D eigenvalue weighted by Gasteiger charge is 2.22. The Balaban J connectivity index is 2.03. The number of nitrogens with two attached hydrogens (primary N) is 1. The average molecular weight is 287 g/mol. The zero-order valence-corrected chi connectivity index (χ0v) is 11.6. The van der Waals surface area contributed by atoms with Crippen molar-refractivity contribution in [2.45, 2.75) is 11.3 Å². The topological polar surface area (TPSA) is 75.4 Å². The Kier molecular flexibility index (Phi) is 4.07. The Bertz CT molecular complexity index is 562. The SMILES string of the molecule is CN1CCC(CNS(=O)(=O)c2ccc(N)c(F)c2)C1. The number of hydrogen-bond acceptors (Lipinski definition) is 4. The van der Waals surface area contributed by atoms with Gasteiger partial charge in [0.25, 0.3) is 0 Å². The number of sulfonamides is 1. The molecule has 0 aromatic heterocycles. The molecular weight excluding hydrogens is 269 g/mol. The van der Waals surface area contributed by atoms with E-state index >= 15 is 0 Å². The fourth-order valence-electron chi connectivity index (χ4n) is 2.18. The number of rotatable bonds is 4. The molecular formula is C12H18FN3O2S. The Hall–Kier alpha value is -1.18. The average Bonchev–Trinajstić information content (AvgIpc) is 2.76. The van der Waals surface area contributed by atoms with Crippen molar-refractivity contribution >= 4 is 15.7 Å². The lowest BCUT2D eigenvalue weighted by molar-refractivity contribution is 0.394. The number of anilines is 1. The quantitative estimate of drug-likeness (QED) is 0.797. The lowest BCUT2D eigenvalue weighted by Gasteiger charge is -2.12. The molecule has 0 saturated carbocycles. The van der Waals surface area contributed by atoms with E-state index in [1.54, 1.807) is 0 Å². The van der Waals surface area contributed by atoms with Gasteiger partial charge in [0.05, 0.1) is 10.6 Å². The van der Waals surface area contributed by atoms with Crippen LogP contribution in [0.25, 0.3) is 0 Å². The van der Waals surface area contributed by atoms with E-state index in [-0.39, 0.29) is 10.6 Å². The van der Waals surface area contributed by atoms with Crippen LogP contribution in [0.3, 0.4) is 0 Å². The van der Waals surface area contributed by atoms with E-state index in [1.807, 2.05) is 7.05 Å². The molecule has 1 aliphatic heterocycles. The number of nitrogen functional groups attached to an aromatic ring is 1. The molecule has 1 aliphatic rings. The Morgan fingerprint density at radius 3 is 2.84 bits per heavy atom. The van der Waals surface area contributed by atoms with Gasteiger partial charge in [0.15, 0.2) is 0 Å². The number of nitrogens with one attached hydrogen (secondary N) is 1. The Morgan fingerprint density at radius 2 is 2.26 bits per heavy atom. The van der Waals surface area contributed by atoms with Crippen molar-refractivity contribution in [3.63, 3.8) is 0 Å². The molecule has 0 spiro atoms. The van der Waals surface area contributed by atoms with Crippen LogP contribution in [0.1, 0.15) is 6.42 Å². The van der Waals surface area contributed by atoms with Crippen molar-refractivity contribution in [3.8, 4) is 0 Å². The van der Waals surface area contributed by atoms with Crippen LogP contribution in [0.4, 0.5) is 10.1 Å². The first-order valence-corrected chi connectivity index (χ1v) is 7.60. The van der Waals surface area contributed by atoms with E-state index in [0.717, 1.165) is 25.6 Å². The van der Waals surface area contributed by atoms with Gasteiger partial charge < -0.3 is 10.6 Å². The molecule has 19 heavy (non-hydrogen) atoms. The lowest BCUT2D eigenvalue weighted by Crippen LogP contribution is -2.30. The van der Waals surface area contributed by atoms with Gasteiger partial charge in [-0.05, 0) is 44.1 Å². The first-order valence-electron chi connectivity index (χ1n) is 6.12. The maximum absolute atomic E-state index is 13.3. The molecule has 1 unspecified atom stereocenters. The number of halogens is 1. The van der Waals surface area contributed by atoms with Gasteiger partial charge in [0.1, 0.15) is 5.82 Å². The standard InChI is InChI=1S/C12H18FN3O2S/c1-16-5-4-9(8-16)7-15-19(17,18)10-2-3-12(14)11(13)6-10/h2-3,6,9,15H,4-5,7-8,14H2,1H3. The van der Waals surface area contributed by atoms with E-state index in [1.165, 1.54) is 12.1 Å². The molecule has 106 valence electrons. The number of hydrogen-bond donors (Lipinski definition) is 2. The second kappa shape index (κ2) is 5.44. The first kappa shape index (κ1) is 14.2. The van der Waals surface area contributed by atoms with E-state index in [4.69, 9.17) is 5.73 Å². The smallest absolute Gasteiger partial charge is 0.240 e. The van der Waals surface area contributed by atoms with E-state index in [2.05, 4.69) is 9.62 Å². The van der Waals surface area contributed by atoms with E-state index in [9.17, 15) is 12.8 Å². The van der Waals surface area contributed by atoms with Crippen molar-refractivity contribution < 1.29 is 12.8 Å². The molecule has 1 aromatic rings. The summed E-state index contributed by atoms with van der Waals surface area (Å²) in [6.07, 6.45) is 0.967. The molecule has 0 aliphatic carbocycles. The third-order valence-corrected chi connectivity index (χ3v) is 4.75. The van der Waals surface area contributed by atoms with Crippen molar-refractivity contribution in [2.75, 3.05) is 32.4 Å². The van der Waals surface area contributed by atoms with Crippen molar-refractivity contribution in [2.24, 2.45) is 5.92 Å². The highest BCUT2D eigenvalue weighted by atomic mass is 32.2. The summed E-state index contributed by atoms with van der Waals surface area (Å²) in [5.41, 5.74) is 5.27. The normalized spacial score (nSPS) is 20.8. The first-order chi connectivity index (χ1) is 8.88. The monoisotopic (exact) mass is 287 g/mol. The summed E-state index contributed by atoms with van der Waals surface area (Å²) in [5.74, 6) is -0.415. The molecule has 1 fully saturated rings. The number of nitrogens with zero attached hydrogens (tertiary/aromatic N) is 1. The summed E-state index contributed by atoms with van der Waals surface area (Å²) in [6.45, 7) is 2.22. The summed E-state index contributed by atoms with van der Waals surface area (Å²) in [4.78, 5) is 2.06. The zero-order valence-electron chi connectivity index (χ0n) is 10.8. The van der Waals surface area contributed by atoms with Crippen molar-refractivity contribution in [1.82, 2.24) is 9.62 Å². The minimum Gasteiger partial charge on any atom is -0.396 e. The van der Waals surface area contributed by atoms with Gasteiger partial charge in [-0.25, -0.2) is 17.5 Å². The largest absolute Gasteiger partial charge is 0.396 e. The molecule has 7 heteroatoms. The van der Waals surface area contributed by atoms with Gasteiger partial charge in [-0.15, -0.1) is 0 Å². The lowest BCUT2D eigenvalue weighted by atomic mass is 10.1. The van der Waals surface area contributed by atoms with Gasteiger partial charge in [-0.1, -0.05) is 0 Å². The summed E-state index contributed by atoms with van der Waals surface area (Å²) in [6, 6.07) is 3.51. The fourth-order valence-corrected chi connectivity index (χ4v) is 3.31. The second-order valence-corrected chi connectivity index (χ2v) is 6.72. The number of benzene rings is 1. The van der Waals surface area contributed by atoms with Gasteiger partial charge in [0.2, 0.25) is 10.0 Å². The van der Waals surface area contributed by atoms with Crippen LogP contribution in [-0.4, -0.2) is 40.0 Å². The highest BCUT2D eigenvalue weighted by Crippen LogP contribution is 2.17. The maximum atomic E-state index is 13.3. The highest BCUT2D eigenvalue weighted by molar-refractivity contribution is 7.89. The molecule has 5 nitrogen and oxygen atoms in total. The molecule has 1 heterocycles. The molecule has 0 bridgehead atoms. The van der Waals surface area contributed by atoms with Crippen molar-refractivity contribution in [1.29, 1.82) is 0 Å². The van der Waals surface area contributed by atoms with Gasteiger partial charge in [-0.3, -0.25) is 0 Å². The van der Waals surface area contributed by atoms with Crippen LogP contribution >= 0.6 is 0 Å². The molecule has 0 radical (unpaired) electrons. The van der Waals surface area contributed by atoms with E-state index in [0.29, 0.717) is 12.5 Å². The molecule has 3 N–H and O–H groups in total. The fraction of sp³-hybridized carbons (Fsp3) is 0.500. The predicted octanol–water partition coefficient (Wildman–Crippen LogP) is 0.638.